The molecule has 1 aromatic rings. The first kappa shape index (κ1) is 17.5. The van der Waals surface area contributed by atoms with Crippen LogP contribution in [-0.2, 0) is 4.74 Å². The summed E-state index contributed by atoms with van der Waals surface area (Å²) in [7, 11) is 0. The van der Waals surface area contributed by atoms with Gasteiger partial charge >= 0.3 is 5.97 Å². The van der Waals surface area contributed by atoms with Crippen molar-refractivity contribution >= 4 is 5.97 Å². The fraction of sp³-hybridized carbons (Fsp3) is 0.588. The molecule has 1 aromatic carbocycles. The smallest absolute Gasteiger partial charge is 0.338 e. The van der Waals surface area contributed by atoms with Gasteiger partial charge in [0, 0.05) is 12.6 Å². The van der Waals surface area contributed by atoms with E-state index in [-0.39, 0.29) is 5.97 Å². The first-order chi connectivity index (χ1) is 10.2. The minimum Gasteiger partial charge on any atom is -0.493 e. The lowest BCUT2D eigenvalue weighted by atomic mass is 10.2. The van der Waals surface area contributed by atoms with Crippen LogP contribution in [0.25, 0.3) is 0 Å². The van der Waals surface area contributed by atoms with Crippen molar-refractivity contribution in [3.8, 4) is 5.75 Å². The van der Waals surface area contributed by atoms with Gasteiger partial charge in [-0.2, -0.15) is 0 Å². The van der Waals surface area contributed by atoms with Gasteiger partial charge in [-0.25, -0.2) is 4.79 Å². The summed E-state index contributed by atoms with van der Waals surface area (Å²) in [6.45, 7) is 10.0. The molecule has 1 radical (unpaired) electrons. The maximum Gasteiger partial charge on any atom is 0.338 e. The van der Waals surface area contributed by atoms with E-state index in [0.717, 1.165) is 32.5 Å². The highest BCUT2D eigenvalue weighted by atomic mass is 16.5. The van der Waals surface area contributed by atoms with E-state index in [0.29, 0.717) is 24.5 Å². The van der Waals surface area contributed by atoms with Gasteiger partial charge in [-0.05, 0) is 37.7 Å². The number of carbonyl (C=O) groups is 1. The van der Waals surface area contributed by atoms with Crippen molar-refractivity contribution < 1.29 is 14.3 Å². The zero-order valence-corrected chi connectivity index (χ0v) is 13.4. The van der Waals surface area contributed by atoms with Crippen LogP contribution in [0, 0.1) is 6.07 Å². The minimum absolute atomic E-state index is 0.309. The van der Waals surface area contributed by atoms with Crippen molar-refractivity contribution in [3.63, 3.8) is 0 Å². The normalized spacial score (nSPS) is 10.7. The Morgan fingerprint density at radius 1 is 1.24 bits per heavy atom. The second kappa shape index (κ2) is 10.2. The lowest BCUT2D eigenvalue weighted by Crippen LogP contribution is -2.27. The SMILES string of the molecule is CCCCOc1[c]ccc(C(=O)OCCN(CC)CC)c1. The Bertz CT molecular complexity index is 416. The van der Waals surface area contributed by atoms with Crippen molar-refractivity contribution in [2.75, 3.05) is 32.8 Å². The molecule has 0 bridgehead atoms. The topological polar surface area (TPSA) is 38.8 Å². The maximum atomic E-state index is 12.0. The third-order valence-corrected chi connectivity index (χ3v) is 3.30. The molecule has 0 aliphatic carbocycles. The summed E-state index contributed by atoms with van der Waals surface area (Å²) in [6, 6.07) is 8.06. The number of esters is 1. The highest BCUT2D eigenvalue weighted by molar-refractivity contribution is 5.89. The molecule has 1 rings (SSSR count). The molecule has 4 nitrogen and oxygen atoms in total. The van der Waals surface area contributed by atoms with Crippen LogP contribution in [0.4, 0.5) is 0 Å². The van der Waals surface area contributed by atoms with Crippen LogP contribution in [0.2, 0.25) is 0 Å². The van der Waals surface area contributed by atoms with Gasteiger partial charge in [0.25, 0.3) is 0 Å². The van der Waals surface area contributed by atoms with Gasteiger partial charge < -0.3 is 14.4 Å². The lowest BCUT2D eigenvalue weighted by molar-refractivity contribution is 0.0466. The molecule has 0 N–H and O–H groups in total. The first-order valence-corrected chi connectivity index (χ1v) is 7.75. The number of rotatable bonds is 10. The van der Waals surface area contributed by atoms with Crippen LogP contribution < -0.4 is 4.74 Å². The Hall–Kier alpha value is -1.55. The molecule has 4 heteroatoms. The van der Waals surface area contributed by atoms with Gasteiger partial charge in [0.1, 0.15) is 12.4 Å². The van der Waals surface area contributed by atoms with Crippen LogP contribution in [0.5, 0.6) is 5.75 Å². The third-order valence-electron chi connectivity index (χ3n) is 3.30. The fourth-order valence-corrected chi connectivity index (χ4v) is 1.87. The van der Waals surface area contributed by atoms with E-state index in [9.17, 15) is 4.79 Å². The average molecular weight is 292 g/mol. The molecule has 117 valence electrons. The summed E-state index contributed by atoms with van der Waals surface area (Å²) in [4.78, 5) is 14.2. The molecular weight excluding hydrogens is 266 g/mol. The van der Waals surface area contributed by atoms with Crippen LogP contribution in [0.3, 0.4) is 0 Å². The molecule has 0 atom stereocenters. The highest BCUT2D eigenvalue weighted by Gasteiger charge is 2.09. The number of nitrogens with zero attached hydrogens (tertiary/aromatic N) is 1. The summed E-state index contributed by atoms with van der Waals surface area (Å²) in [5.74, 6) is 0.290. The largest absolute Gasteiger partial charge is 0.493 e. The van der Waals surface area contributed by atoms with E-state index in [1.165, 1.54) is 0 Å². The Morgan fingerprint density at radius 2 is 2.00 bits per heavy atom. The Balaban J connectivity index is 2.44. The number of carbonyl (C=O) groups excluding carboxylic acids is 1. The Morgan fingerprint density at radius 3 is 2.67 bits per heavy atom. The third kappa shape index (κ3) is 6.63. The summed E-state index contributed by atoms with van der Waals surface area (Å²) < 4.78 is 10.8. The summed E-state index contributed by atoms with van der Waals surface area (Å²) in [6.07, 6.45) is 2.07. The maximum absolute atomic E-state index is 12.0. The molecule has 0 unspecified atom stereocenters. The molecule has 0 aliphatic rings. The molecule has 0 spiro atoms. The van der Waals surface area contributed by atoms with Gasteiger partial charge in [0.2, 0.25) is 0 Å². The van der Waals surface area contributed by atoms with Crippen LogP contribution in [0.1, 0.15) is 44.0 Å². The number of benzene rings is 1. The van der Waals surface area contributed by atoms with Gasteiger partial charge in [0.05, 0.1) is 12.2 Å². The summed E-state index contributed by atoms with van der Waals surface area (Å²) in [5, 5.41) is 0. The Labute approximate surface area is 128 Å². The number of hydrogen-bond donors (Lipinski definition) is 0. The van der Waals surface area contributed by atoms with Gasteiger partial charge in [-0.3, -0.25) is 0 Å². The predicted molar refractivity (Wildman–Crippen MR) is 83.8 cm³/mol. The number of unbranched alkanes of at least 4 members (excludes halogenated alkanes) is 1. The summed E-state index contributed by atoms with van der Waals surface area (Å²) in [5.41, 5.74) is 0.514. The van der Waals surface area contributed by atoms with Crippen molar-refractivity contribution in [3.05, 3.63) is 29.8 Å². The molecule has 0 saturated heterocycles. The van der Waals surface area contributed by atoms with Crippen molar-refractivity contribution in [2.24, 2.45) is 0 Å². The highest BCUT2D eigenvalue weighted by Crippen LogP contribution is 2.14. The quantitative estimate of drug-likeness (QED) is 0.490. The molecule has 21 heavy (non-hydrogen) atoms. The molecule has 0 aromatic heterocycles. The second-order valence-corrected chi connectivity index (χ2v) is 4.81. The van der Waals surface area contributed by atoms with E-state index < -0.39 is 0 Å². The van der Waals surface area contributed by atoms with Gasteiger partial charge in [0.15, 0.2) is 0 Å². The second-order valence-electron chi connectivity index (χ2n) is 4.81. The Kier molecular flexibility index (Phi) is 8.51. The molecule has 0 heterocycles. The van der Waals surface area contributed by atoms with Gasteiger partial charge in [-0.1, -0.05) is 27.2 Å². The molecule has 0 aliphatic heterocycles. The van der Waals surface area contributed by atoms with E-state index in [2.05, 4.69) is 31.7 Å². The average Bonchev–Trinajstić information content (AvgIpc) is 2.52. The monoisotopic (exact) mass is 292 g/mol. The van der Waals surface area contributed by atoms with E-state index in [1.54, 1.807) is 18.2 Å². The minimum atomic E-state index is -0.309. The van der Waals surface area contributed by atoms with Crippen molar-refractivity contribution in [1.29, 1.82) is 0 Å². The zero-order valence-electron chi connectivity index (χ0n) is 13.4. The zero-order chi connectivity index (χ0) is 15.5. The molecule has 0 saturated carbocycles. The first-order valence-electron chi connectivity index (χ1n) is 7.75. The predicted octanol–water partition coefficient (Wildman–Crippen LogP) is 3.16. The molecule has 0 amide bonds. The number of ether oxygens (including phenoxy) is 2. The fourth-order valence-electron chi connectivity index (χ4n) is 1.87. The number of hydrogen-bond acceptors (Lipinski definition) is 4. The van der Waals surface area contributed by atoms with Crippen molar-refractivity contribution in [1.82, 2.24) is 4.90 Å². The number of likely N-dealkylation sites (N-methyl/N-ethyl adjacent to an activating group) is 1. The molecule has 0 fully saturated rings. The van der Waals surface area contributed by atoms with Crippen LogP contribution in [0.15, 0.2) is 18.2 Å². The van der Waals surface area contributed by atoms with Crippen LogP contribution >= 0.6 is 0 Å². The summed E-state index contributed by atoms with van der Waals surface area (Å²) >= 11 is 0. The standard InChI is InChI=1S/C17H26NO3/c1-4-7-12-20-16-10-8-9-15(14-16)17(19)21-13-11-18(5-2)6-3/h8-9,14H,4-7,11-13H2,1-3H3. The lowest BCUT2D eigenvalue weighted by Gasteiger charge is -2.17. The van der Waals surface area contributed by atoms with E-state index in [4.69, 9.17) is 9.47 Å². The van der Waals surface area contributed by atoms with Crippen LogP contribution in [-0.4, -0.2) is 43.7 Å². The van der Waals surface area contributed by atoms with E-state index >= 15 is 0 Å². The van der Waals surface area contributed by atoms with E-state index in [1.807, 2.05) is 0 Å². The molecular formula is C17H26NO3. The van der Waals surface area contributed by atoms with Gasteiger partial charge in [-0.15, -0.1) is 0 Å². The van der Waals surface area contributed by atoms with Crippen molar-refractivity contribution in [2.45, 2.75) is 33.6 Å².